The Hall–Kier alpha value is -0.610. The molecular formula is C11H17N3S. The summed E-state index contributed by atoms with van der Waals surface area (Å²) in [7, 11) is 2.01. The summed E-state index contributed by atoms with van der Waals surface area (Å²) < 4.78 is 0. The average Bonchev–Trinajstić information content (AvgIpc) is 2.33. The lowest BCUT2D eigenvalue weighted by Gasteiger charge is -2.28. The van der Waals surface area contributed by atoms with Gasteiger partial charge in [-0.25, -0.2) is 0 Å². The second-order valence-electron chi connectivity index (χ2n) is 3.80. The molecule has 1 aliphatic rings. The number of nitrogens with zero attached hydrogens (tertiary/aromatic N) is 2. The van der Waals surface area contributed by atoms with Gasteiger partial charge < -0.3 is 5.32 Å². The van der Waals surface area contributed by atoms with Gasteiger partial charge in [0, 0.05) is 17.6 Å². The van der Waals surface area contributed by atoms with Gasteiger partial charge in [0.05, 0.1) is 17.9 Å². The van der Waals surface area contributed by atoms with Crippen molar-refractivity contribution in [3.63, 3.8) is 0 Å². The van der Waals surface area contributed by atoms with E-state index in [1.807, 2.05) is 13.2 Å². The van der Waals surface area contributed by atoms with Crippen LogP contribution in [0.3, 0.4) is 0 Å². The van der Waals surface area contributed by atoms with Crippen molar-refractivity contribution in [3.8, 4) is 0 Å². The lowest BCUT2D eigenvalue weighted by atomic mass is 10.0. The molecule has 3 nitrogen and oxygen atoms in total. The fourth-order valence-corrected chi connectivity index (χ4v) is 3.50. The highest BCUT2D eigenvalue weighted by molar-refractivity contribution is 8.00. The minimum absolute atomic E-state index is 0.351. The first-order valence-corrected chi connectivity index (χ1v) is 6.51. The van der Waals surface area contributed by atoms with E-state index in [2.05, 4.69) is 27.0 Å². The summed E-state index contributed by atoms with van der Waals surface area (Å²) in [4.78, 5) is 8.52. The van der Waals surface area contributed by atoms with Gasteiger partial charge in [0.1, 0.15) is 0 Å². The van der Waals surface area contributed by atoms with Crippen LogP contribution < -0.4 is 5.32 Å². The molecule has 0 saturated carbocycles. The molecule has 0 amide bonds. The van der Waals surface area contributed by atoms with Crippen LogP contribution in [0.5, 0.6) is 0 Å². The summed E-state index contributed by atoms with van der Waals surface area (Å²) in [5.41, 5.74) is 1.07. The predicted molar refractivity (Wildman–Crippen MR) is 63.9 cm³/mol. The molecule has 0 spiro atoms. The van der Waals surface area contributed by atoms with E-state index in [0.717, 1.165) is 5.69 Å². The quantitative estimate of drug-likeness (QED) is 0.851. The predicted octanol–water partition coefficient (Wildman–Crippen LogP) is 2.02. The highest BCUT2D eigenvalue weighted by atomic mass is 32.2. The van der Waals surface area contributed by atoms with Gasteiger partial charge in [-0.05, 0) is 25.6 Å². The number of hydrogen-bond donors (Lipinski definition) is 1. The van der Waals surface area contributed by atoms with E-state index in [-0.39, 0.29) is 0 Å². The van der Waals surface area contributed by atoms with Gasteiger partial charge in [-0.2, -0.15) is 11.8 Å². The van der Waals surface area contributed by atoms with Crippen molar-refractivity contribution >= 4 is 11.8 Å². The van der Waals surface area contributed by atoms with Crippen molar-refractivity contribution < 1.29 is 0 Å². The topological polar surface area (TPSA) is 37.8 Å². The van der Waals surface area contributed by atoms with Crippen LogP contribution in [-0.4, -0.2) is 28.0 Å². The molecule has 2 atom stereocenters. The molecule has 1 aliphatic heterocycles. The fourth-order valence-electron chi connectivity index (χ4n) is 2.02. The van der Waals surface area contributed by atoms with Crippen LogP contribution in [0.4, 0.5) is 0 Å². The van der Waals surface area contributed by atoms with Gasteiger partial charge in [0.15, 0.2) is 0 Å². The average molecular weight is 223 g/mol. The summed E-state index contributed by atoms with van der Waals surface area (Å²) in [6.45, 7) is 0. The highest BCUT2D eigenvalue weighted by Crippen LogP contribution is 2.33. The Morgan fingerprint density at radius 1 is 1.47 bits per heavy atom. The van der Waals surface area contributed by atoms with Crippen LogP contribution in [0, 0.1) is 0 Å². The van der Waals surface area contributed by atoms with E-state index in [1.165, 1.54) is 25.0 Å². The molecule has 0 aromatic carbocycles. The smallest absolute Gasteiger partial charge is 0.0767 e. The third kappa shape index (κ3) is 2.69. The molecule has 2 unspecified atom stereocenters. The standard InChI is InChI=1S/C11H17N3S/c1-12-11(9-8-13-5-6-14-9)10-4-2-3-7-15-10/h5-6,8,10-12H,2-4,7H2,1H3. The normalized spacial score (nSPS) is 23.7. The molecule has 1 fully saturated rings. The minimum atomic E-state index is 0.351. The van der Waals surface area contributed by atoms with Gasteiger partial charge >= 0.3 is 0 Å². The van der Waals surface area contributed by atoms with Gasteiger partial charge in [0.25, 0.3) is 0 Å². The Labute approximate surface area is 95.1 Å². The second-order valence-corrected chi connectivity index (χ2v) is 5.15. The summed E-state index contributed by atoms with van der Waals surface area (Å²) in [6, 6.07) is 0.351. The van der Waals surface area contributed by atoms with Crippen molar-refractivity contribution in [2.45, 2.75) is 30.6 Å². The Morgan fingerprint density at radius 3 is 3.00 bits per heavy atom. The van der Waals surface area contributed by atoms with E-state index >= 15 is 0 Å². The van der Waals surface area contributed by atoms with Gasteiger partial charge in [0.2, 0.25) is 0 Å². The summed E-state index contributed by atoms with van der Waals surface area (Å²) >= 11 is 2.06. The van der Waals surface area contributed by atoms with Crippen LogP contribution in [0.2, 0.25) is 0 Å². The van der Waals surface area contributed by atoms with E-state index in [4.69, 9.17) is 0 Å². The second kappa shape index (κ2) is 5.47. The Balaban J connectivity index is 2.09. The zero-order valence-electron chi connectivity index (χ0n) is 9.02. The Kier molecular flexibility index (Phi) is 3.97. The zero-order valence-corrected chi connectivity index (χ0v) is 9.83. The molecule has 2 heterocycles. The lowest BCUT2D eigenvalue weighted by Crippen LogP contribution is -2.30. The molecule has 15 heavy (non-hydrogen) atoms. The Morgan fingerprint density at radius 2 is 2.40 bits per heavy atom. The van der Waals surface area contributed by atoms with E-state index in [0.29, 0.717) is 11.3 Å². The molecule has 0 aliphatic carbocycles. The van der Waals surface area contributed by atoms with Crippen molar-refractivity contribution in [2.24, 2.45) is 0 Å². The first kappa shape index (κ1) is 10.9. The molecule has 2 rings (SSSR count). The first-order chi connectivity index (χ1) is 7.42. The SMILES string of the molecule is CNC(c1cnccn1)C1CCCCS1. The van der Waals surface area contributed by atoms with Crippen LogP contribution >= 0.6 is 11.8 Å². The maximum atomic E-state index is 4.39. The minimum Gasteiger partial charge on any atom is -0.311 e. The van der Waals surface area contributed by atoms with E-state index in [1.54, 1.807) is 12.4 Å². The molecule has 1 aromatic rings. The van der Waals surface area contributed by atoms with Crippen LogP contribution in [0.25, 0.3) is 0 Å². The van der Waals surface area contributed by atoms with Crippen molar-refractivity contribution in [1.82, 2.24) is 15.3 Å². The number of rotatable bonds is 3. The summed E-state index contributed by atoms with van der Waals surface area (Å²) in [5.74, 6) is 1.28. The van der Waals surface area contributed by atoms with E-state index < -0.39 is 0 Å². The lowest BCUT2D eigenvalue weighted by molar-refractivity contribution is 0.504. The van der Waals surface area contributed by atoms with Crippen molar-refractivity contribution in [2.75, 3.05) is 12.8 Å². The molecule has 0 radical (unpaired) electrons. The van der Waals surface area contributed by atoms with Crippen LogP contribution in [0.1, 0.15) is 31.0 Å². The zero-order chi connectivity index (χ0) is 10.5. The largest absolute Gasteiger partial charge is 0.311 e. The number of aromatic nitrogens is 2. The van der Waals surface area contributed by atoms with Crippen molar-refractivity contribution in [1.29, 1.82) is 0 Å². The Bertz CT molecular complexity index is 285. The first-order valence-electron chi connectivity index (χ1n) is 5.46. The fraction of sp³-hybridized carbons (Fsp3) is 0.636. The summed E-state index contributed by atoms with van der Waals surface area (Å²) in [5, 5.41) is 4.02. The third-order valence-electron chi connectivity index (χ3n) is 2.80. The summed E-state index contributed by atoms with van der Waals surface area (Å²) in [6.07, 6.45) is 9.36. The molecule has 82 valence electrons. The van der Waals surface area contributed by atoms with Crippen LogP contribution in [0.15, 0.2) is 18.6 Å². The molecule has 1 aromatic heterocycles. The van der Waals surface area contributed by atoms with Gasteiger partial charge in [-0.1, -0.05) is 6.42 Å². The highest BCUT2D eigenvalue weighted by Gasteiger charge is 2.25. The van der Waals surface area contributed by atoms with E-state index in [9.17, 15) is 0 Å². The number of hydrogen-bond acceptors (Lipinski definition) is 4. The van der Waals surface area contributed by atoms with Crippen molar-refractivity contribution in [3.05, 3.63) is 24.3 Å². The van der Waals surface area contributed by atoms with Crippen LogP contribution in [-0.2, 0) is 0 Å². The number of thioether (sulfide) groups is 1. The molecule has 1 saturated heterocycles. The van der Waals surface area contributed by atoms with Gasteiger partial charge in [-0.15, -0.1) is 0 Å². The molecule has 0 bridgehead atoms. The monoisotopic (exact) mass is 223 g/mol. The number of nitrogens with one attached hydrogen (secondary N) is 1. The van der Waals surface area contributed by atoms with Gasteiger partial charge in [-0.3, -0.25) is 9.97 Å². The maximum absolute atomic E-state index is 4.39. The maximum Gasteiger partial charge on any atom is 0.0767 e. The molecular weight excluding hydrogens is 206 g/mol. The molecule has 4 heteroatoms. The third-order valence-corrected chi connectivity index (χ3v) is 4.26. The molecule has 1 N–H and O–H groups in total.